The molecule has 0 bridgehead atoms. The average molecular weight is 280 g/mol. The molecular weight excluding hydrogens is 266 g/mol. The van der Waals surface area contributed by atoms with Crippen LogP contribution < -0.4 is 5.32 Å². The zero-order valence-corrected chi connectivity index (χ0v) is 11.4. The molecule has 0 atom stereocenters. The van der Waals surface area contributed by atoms with Crippen LogP contribution in [0.4, 0.5) is 5.82 Å². The Morgan fingerprint density at radius 3 is 2.89 bits per heavy atom. The first-order chi connectivity index (χ1) is 8.99. The fourth-order valence-corrected chi connectivity index (χ4v) is 2.16. The lowest BCUT2D eigenvalue weighted by atomic mass is 10.2. The van der Waals surface area contributed by atoms with Gasteiger partial charge in [0.2, 0.25) is 0 Å². The second kappa shape index (κ2) is 5.32. The molecule has 1 aromatic heterocycles. The third kappa shape index (κ3) is 2.88. The normalized spacial score (nSPS) is 10.5. The van der Waals surface area contributed by atoms with Crippen LogP contribution in [0.15, 0.2) is 24.3 Å². The van der Waals surface area contributed by atoms with Gasteiger partial charge >= 0.3 is 5.97 Å². The van der Waals surface area contributed by atoms with Crippen LogP contribution in [0.3, 0.4) is 0 Å². The standard InChI is InChI=1S/C13H14ClN3O2/c1-8-11(13(18)19)12(17(2)16-8)15-7-9-4-3-5-10(14)6-9/h3-6,15H,7H2,1-2H3,(H,18,19). The molecule has 2 aromatic rings. The van der Waals surface area contributed by atoms with E-state index in [1.807, 2.05) is 18.2 Å². The molecule has 0 amide bonds. The van der Waals surface area contributed by atoms with Crippen molar-refractivity contribution in [2.75, 3.05) is 5.32 Å². The van der Waals surface area contributed by atoms with Crippen molar-refractivity contribution < 1.29 is 9.90 Å². The zero-order valence-electron chi connectivity index (χ0n) is 10.6. The zero-order chi connectivity index (χ0) is 14.0. The minimum Gasteiger partial charge on any atom is -0.477 e. The lowest BCUT2D eigenvalue weighted by molar-refractivity contribution is 0.0697. The lowest BCUT2D eigenvalue weighted by Crippen LogP contribution is -2.09. The van der Waals surface area contributed by atoms with Crippen LogP contribution in [0.25, 0.3) is 0 Å². The highest BCUT2D eigenvalue weighted by Crippen LogP contribution is 2.20. The van der Waals surface area contributed by atoms with Crippen molar-refractivity contribution in [3.8, 4) is 0 Å². The third-order valence-corrected chi connectivity index (χ3v) is 3.02. The molecule has 0 radical (unpaired) electrons. The second-order valence-corrected chi connectivity index (χ2v) is 4.66. The molecular formula is C13H14ClN3O2. The molecule has 2 N–H and O–H groups in total. The summed E-state index contributed by atoms with van der Waals surface area (Å²) in [6, 6.07) is 7.40. The highest BCUT2D eigenvalue weighted by atomic mass is 35.5. The highest BCUT2D eigenvalue weighted by Gasteiger charge is 2.19. The average Bonchev–Trinajstić information content (AvgIpc) is 2.61. The maximum absolute atomic E-state index is 11.2. The van der Waals surface area contributed by atoms with E-state index in [1.165, 1.54) is 4.68 Å². The number of carbonyl (C=O) groups is 1. The number of rotatable bonds is 4. The molecule has 0 spiro atoms. The van der Waals surface area contributed by atoms with E-state index in [0.29, 0.717) is 23.1 Å². The maximum atomic E-state index is 11.2. The van der Waals surface area contributed by atoms with Crippen molar-refractivity contribution in [3.05, 3.63) is 46.1 Å². The van der Waals surface area contributed by atoms with Gasteiger partial charge in [0, 0.05) is 18.6 Å². The fraction of sp³-hybridized carbons (Fsp3) is 0.231. The minimum absolute atomic E-state index is 0.199. The monoisotopic (exact) mass is 279 g/mol. The molecule has 1 heterocycles. The number of halogens is 1. The Hall–Kier alpha value is -2.01. The summed E-state index contributed by atoms with van der Waals surface area (Å²) in [4.78, 5) is 11.2. The number of benzene rings is 1. The summed E-state index contributed by atoms with van der Waals surface area (Å²) in [5, 5.41) is 17.0. The molecule has 0 unspecified atom stereocenters. The molecule has 0 aliphatic heterocycles. The molecule has 1 aromatic carbocycles. The van der Waals surface area contributed by atoms with Gasteiger partial charge in [0.25, 0.3) is 0 Å². The van der Waals surface area contributed by atoms with Gasteiger partial charge in [0.15, 0.2) is 0 Å². The van der Waals surface area contributed by atoms with E-state index >= 15 is 0 Å². The van der Waals surface area contributed by atoms with Gasteiger partial charge in [0.05, 0.1) is 5.69 Å². The first-order valence-electron chi connectivity index (χ1n) is 5.74. The first-order valence-corrected chi connectivity index (χ1v) is 6.12. The predicted octanol–water partition coefficient (Wildman–Crippen LogP) is 2.69. The van der Waals surface area contributed by atoms with Crippen LogP contribution in [0.5, 0.6) is 0 Å². The van der Waals surface area contributed by atoms with Gasteiger partial charge in [-0.25, -0.2) is 4.79 Å². The number of anilines is 1. The predicted molar refractivity (Wildman–Crippen MR) is 73.7 cm³/mol. The summed E-state index contributed by atoms with van der Waals surface area (Å²) in [7, 11) is 1.71. The SMILES string of the molecule is Cc1nn(C)c(NCc2cccc(Cl)c2)c1C(=O)O. The number of aromatic carboxylic acids is 1. The molecule has 0 saturated carbocycles. The number of nitrogens with zero attached hydrogens (tertiary/aromatic N) is 2. The minimum atomic E-state index is -0.987. The van der Waals surface area contributed by atoms with E-state index in [1.54, 1.807) is 20.0 Å². The Morgan fingerprint density at radius 1 is 1.53 bits per heavy atom. The Labute approximate surface area is 115 Å². The number of hydrogen-bond acceptors (Lipinski definition) is 3. The van der Waals surface area contributed by atoms with Crippen LogP contribution >= 0.6 is 11.6 Å². The van der Waals surface area contributed by atoms with Crippen molar-refractivity contribution in [1.82, 2.24) is 9.78 Å². The van der Waals surface area contributed by atoms with Crippen LogP contribution in [0.1, 0.15) is 21.6 Å². The quantitative estimate of drug-likeness (QED) is 0.903. The fourth-order valence-electron chi connectivity index (χ4n) is 1.95. The van der Waals surface area contributed by atoms with Gasteiger partial charge in [-0.05, 0) is 24.6 Å². The van der Waals surface area contributed by atoms with E-state index in [-0.39, 0.29) is 5.56 Å². The molecule has 0 saturated heterocycles. The van der Waals surface area contributed by atoms with Crippen LogP contribution in [-0.2, 0) is 13.6 Å². The molecule has 19 heavy (non-hydrogen) atoms. The molecule has 6 heteroatoms. The van der Waals surface area contributed by atoms with Crippen molar-refractivity contribution in [2.45, 2.75) is 13.5 Å². The summed E-state index contributed by atoms with van der Waals surface area (Å²) in [5.74, 6) is -0.496. The Kier molecular flexibility index (Phi) is 3.76. The largest absolute Gasteiger partial charge is 0.477 e. The number of aromatic nitrogens is 2. The summed E-state index contributed by atoms with van der Waals surface area (Å²) in [6.45, 7) is 2.16. The summed E-state index contributed by atoms with van der Waals surface area (Å²) < 4.78 is 1.53. The van der Waals surface area contributed by atoms with Gasteiger partial charge in [-0.2, -0.15) is 5.10 Å². The van der Waals surface area contributed by atoms with E-state index < -0.39 is 5.97 Å². The van der Waals surface area contributed by atoms with Crippen molar-refractivity contribution in [1.29, 1.82) is 0 Å². The van der Waals surface area contributed by atoms with E-state index in [4.69, 9.17) is 11.6 Å². The number of carboxylic acids is 1. The van der Waals surface area contributed by atoms with Crippen molar-refractivity contribution >= 4 is 23.4 Å². The van der Waals surface area contributed by atoms with E-state index in [2.05, 4.69) is 10.4 Å². The molecule has 0 aliphatic carbocycles. The summed E-state index contributed by atoms with van der Waals surface area (Å²) in [5.41, 5.74) is 1.66. The number of hydrogen-bond donors (Lipinski definition) is 2. The van der Waals surface area contributed by atoms with Gasteiger partial charge in [-0.3, -0.25) is 4.68 Å². The molecule has 5 nitrogen and oxygen atoms in total. The molecule has 0 fully saturated rings. The maximum Gasteiger partial charge on any atom is 0.341 e. The first kappa shape index (κ1) is 13.4. The number of aryl methyl sites for hydroxylation is 2. The second-order valence-electron chi connectivity index (χ2n) is 4.22. The van der Waals surface area contributed by atoms with Gasteiger partial charge < -0.3 is 10.4 Å². The summed E-state index contributed by atoms with van der Waals surface area (Å²) >= 11 is 5.90. The van der Waals surface area contributed by atoms with Gasteiger partial charge in [-0.15, -0.1) is 0 Å². The Bertz CT molecular complexity index is 622. The van der Waals surface area contributed by atoms with E-state index in [0.717, 1.165) is 5.56 Å². The van der Waals surface area contributed by atoms with E-state index in [9.17, 15) is 9.90 Å². The van der Waals surface area contributed by atoms with Crippen LogP contribution in [-0.4, -0.2) is 20.9 Å². The van der Waals surface area contributed by atoms with Gasteiger partial charge in [-0.1, -0.05) is 23.7 Å². The number of nitrogens with one attached hydrogen (secondary N) is 1. The molecule has 0 aliphatic rings. The molecule has 100 valence electrons. The van der Waals surface area contributed by atoms with Crippen LogP contribution in [0, 0.1) is 6.92 Å². The number of carboxylic acid groups (broad SMARTS) is 1. The van der Waals surface area contributed by atoms with Crippen molar-refractivity contribution in [2.24, 2.45) is 7.05 Å². The highest BCUT2D eigenvalue weighted by molar-refractivity contribution is 6.30. The summed E-state index contributed by atoms with van der Waals surface area (Å²) in [6.07, 6.45) is 0. The van der Waals surface area contributed by atoms with Crippen molar-refractivity contribution in [3.63, 3.8) is 0 Å². The smallest absolute Gasteiger partial charge is 0.341 e. The van der Waals surface area contributed by atoms with Crippen LogP contribution in [0.2, 0.25) is 5.02 Å². The lowest BCUT2D eigenvalue weighted by Gasteiger charge is -2.08. The molecule has 2 rings (SSSR count). The Balaban J connectivity index is 2.22. The Morgan fingerprint density at radius 2 is 2.26 bits per heavy atom. The third-order valence-electron chi connectivity index (χ3n) is 2.79. The van der Waals surface area contributed by atoms with Gasteiger partial charge in [0.1, 0.15) is 11.4 Å². The topological polar surface area (TPSA) is 67.2 Å².